The first kappa shape index (κ1) is 18.4. The zero-order valence-corrected chi connectivity index (χ0v) is 16.7. The summed E-state index contributed by atoms with van der Waals surface area (Å²) in [6.45, 7) is 4.39. The van der Waals surface area contributed by atoms with Crippen LogP contribution in [0.25, 0.3) is 0 Å². The maximum atomic E-state index is 12.1. The summed E-state index contributed by atoms with van der Waals surface area (Å²) in [5, 5.41) is 21.5. The van der Waals surface area contributed by atoms with Crippen LogP contribution in [0.15, 0.2) is 11.6 Å². The second-order valence-corrected chi connectivity index (χ2v) is 10.4. The average molecular weight is 383 g/mol. The Balaban J connectivity index is 1.60. The van der Waals surface area contributed by atoms with Crippen LogP contribution in [0, 0.1) is 45.8 Å². The number of ketones is 1. The lowest BCUT2D eigenvalue weighted by Crippen LogP contribution is -2.61. The molecular weight excluding hydrogens is 354 g/mol. The van der Waals surface area contributed by atoms with E-state index in [1.54, 1.807) is 6.08 Å². The molecule has 0 aromatic heterocycles. The number of carbonyl (C=O) groups excluding carboxylic acids is 2. The molecule has 1 heterocycles. The normalized spacial score (nSPS) is 52.4. The van der Waals surface area contributed by atoms with Gasteiger partial charge in [-0.1, -0.05) is 19.4 Å². The molecule has 1 spiro atoms. The standard InChI is InChI=1S/C23H29NO4/c1-21-6-3-15(25)10-14(21)9-13(12-24)19-16-4-7-23(8-5-18(27)28-23)22(16,2)11-17(26)20(19)21/h10,13,16-17,19-20,26H,3-9,11H2,1-2H3/t13-,16-,17+,19-,20-,21-,22-,23+/m0/s1. The Morgan fingerprint density at radius 2 is 2.00 bits per heavy atom. The van der Waals surface area contributed by atoms with E-state index in [1.807, 2.05) is 0 Å². The molecule has 28 heavy (non-hydrogen) atoms. The molecule has 0 bridgehead atoms. The van der Waals surface area contributed by atoms with Crippen molar-refractivity contribution < 1.29 is 19.4 Å². The Morgan fingerprint density at radius 1 is 1.21 bits per heavy atom. The Labute approximate surface area is 166 Å². The topological polar surface area (TPSA) is 87.4 Å². The maximum absolute atomic E-state index is 12.1. The summed E-state index contributed by atoms with van der Waals surface area (Å²) >= 11 is 0. The first-order valence-electron chi connectivity index (χ1n) is 10.8. The van der Waals surface area contributed by atoms with Crippen molar-refractivity contribution in [2.75, 3.05) is 0 Å². The molecule has 1 N–H and O–H groups in total. The Bertz CT molecular complexity index is 827. The molecule has 0 aromatic rings. The highest BCUT2D eigenvalue weighted by atomic mass is 16.6. The minimum absolute atomic E-state index is 0.00409. The summed E-state index contributed by atoms with van der Waals surface area (Å²) in [5.74, 6) is 0.190. The van der Waals surface area contributed by atoms with E-state index in [2.05, 4.69) is 19.9 Å². The van der Waals surface area contributed by atoms with E-state index in [4.69, 9.17) is 4.74 Å². The Hall–Kier alpha value is -1.67. The van der Waals surface area contributed by atoms with Crippen molar-refractivity contribution >= 4 is 11.8 Å². The van der Waals surface area contributed by atoms with Crippen LogP contribution in [0.1, 0.15) is 65.2 Å². The second-order valence-electron chi connectivity index (χ2n) is 10.4. The highest BCUT2D eigenvalue weighted by Gasteiger charge is 2.70. The first-order chi connectivity index (χ1) is 13.2. The van der Waals surface area contributed by atoms with Crippen molar-refractivity contribution in [3.05, 3.63) is 11.6 Å². The fourth-order valence-electron chi connectivity index (χ4n) is 8.09. The summed E-state index contributed by atoms with van der Waals surface area (Å²) in [5.41, 5.74) is 0.102. The number of esters is 1. The van der Waals surface area contributed by atoms with Gasteiger partial charge in [0.2, 0.25) is 0 Å². The summed E-state index contributed by atoms with van der Waals surface area (Å²) in [4.78, 5) is 24.1. The average Bonchev–Trinajstić information content (AvgIpc) is 3.15. The van der Waals surface area contributed by atoms with Crippen molar-refractivity contribution in [3.63, 3.8) is 0 Å². The predicted molar refractivity (Wildman–Crippen MR) is 101 cm³/mol. The molecule has 0 amide bonds. The lowest BCUT2D eigenvalue weighted by molar-refractivity contribution is -0.188. The Morgan fingerprint density at radius 3 is 2.68 bits per heavy atom. The lowest BCUT2D eigenvalue weighted by Gasteiger charge is -2.61. The minimum atomic E-state index is -0.543. The largest absolute Gasteiger partial charge is 0.458 e. The van der Waals surface area contributed by atoms with Crippen molar-refractivity contribution in [1.29, 1.82) is 5.26 Å². The van der Waals surface area contributed by atoms with Gasteiger partial charge in [-0.2, -0.15) is 5.26 Å². The molecule has 5 aliphatic rings. The molecule has 5 heteroatoms. The zero-order chi connectivity index (χ0) is 19.9. The number of fused-ring (bicyclic) bond motifs is 6. The summed E-state index contributed by atoms with van der Waals surface area (Å²) in [6, 6.07) is 2.54. The van der Waals surface area contributed by atoms with Gasteiger partial charge < -0.3 is 9.84 Å². The summed E-state index contributed by atoms with van der Waals surface area (Å²) < 4.78 is 5.94. The van der Waals surface area contributed by atoms with Crippen LogP contribution >= 0.6 is 0 Å². The number of aliphatic hydroxyl groups is 1. The molecule has 0 aromatic carbocycles. The molecular formula is C23H29NO4. The van der Waals surface area contributed by atoms with Gasteiger partial charge in [0.25, 0.3) is 0 Å². The van der Waals surface area contributed by atoms with Crippen molar-refractivity contribution in [3.8, 4) is 6.07 Å². The molecule has 4 fully saturated rings. The van der Waals surface area contributed by atoms with Crippen LogP contribution in [0.2, 0.25) is 0 Å². The van der Waals surface area contributed by atoms with Crippen LogP contribution in [-0.2, 0) is 14.3 Å². The van der Waals surface area contributed by atoms with Gasteiger partial charge in [0.15, 0.2) is 5.78 Å². The second kappa shape index (κ2) is 5.69. The number of nitriles is 1. The first-order valence-corrected chi connectivity index (χ1v) is 10.8. The van der Waals surface area contributed by atoms with Gasteiger partial charge in [0.1, 0.15) is 5.60 Å². The molecule has 1 saturated heterocycles. The predicted octanol–water partition coefficient (Wildman–Crippen LogP) is 3.31. The van der Waals surface area contributed by atoms with Crippen LogP contribution < -0.4 is 0 Å². The molecule has 150 valence electrons. The van der Waals surface area contributed by atoms with E-state index in [0.29, 0.717) is 25.7 Å². The van der Waals surface area contributed by atoms with Gasteiger partial charge >= 0.3 is 5.97 Å². The SMILES string of the molecule is C[C@]12CCC(=O)C=C1C[C@@H](C#N)[C@@H]1[C@@H]2[C@H](O)C[C@@]2(C)[C@H]1CC[C@@]21CCC(=O)O1. The fraction of sp³-hybridized carbons (Fsp3) is 0.783. The third kappa shape index (κ3) is 2.10. The van der Waals surface area contributed by atoms with Gasteiger partial charge in [-0.15, -0.1) is 0 Å². The van der Waals surface area contributed by atoms with E-state index in [0.717, 1.165) is 31.3 Å². The molecule has 5 rings (SSSR count). The van der Waals surface area contributed by atoms with Gasteiger partial charge in [-0.25, -0.2) is 0 Å². The smallest absolute Gasteiger partial charge is 0.306 e. The molecule has 0 radical (unpaired) electrons. The number of carbonyl (C=O) groups is 2. The fourth-order valence-corrected chi connectivity index (χ4v) is 8.09. The molecule has 4 aliphatic carbocycles. The van der Waals surface area contributed by atoms with Gasteiger partial charge in [-0.05, 0) is 67.8 Å². The molecule has 5 nitrogen and oxygen atoms in total. The van der Waals surface area contributed by atoms with Crippen LogP contribution in [0.4, 0.5) is 0 Å². The van der Waals surface area contributed by atoms with Crippen molar-refractivity contribution in [2.24, 2.45) is 34.5 Å². The lowest BCUT2D eigenvalue weighted by atomic mass is 9.43. The van der Waals surface area contributed by atoms with Gasteiger partial charge in [-0.3, -0.25) is 9.59 Å². The third-order valence-corrected chi connectivity index (χ3v) is 9.45. The number of hydrogen-bond acceptors (Lipinski definition) is 5. The highest BCUT2D eigenvalue weighted by Crippen LogP contribution is 2.70. The van der Waals surface area contributed by atoms with Gasteiger partial charge in [0.05, 0.1) is 18.1 Å². The van der Waals surface area contributed by atoms with E-state index in [1.165, 1.54) is 0 Å². The number of hydrogen-bond donors (Lipinski definition) is 1. The van der Waals surface area contributed by atoms with Crippen LogP contribution in [-0.4, -0.2) is 28.6 Å². The number of nitrogens with zero attached hydrogens (tertiary/aromatic N) is 1. The quantitative estimate of drug-likeness (QED) is 0.649. The summed E-state index contributed by atoms with van der Waals surface area (Å²) in [7, 11) is 0. The van der Waals surface area contributed by atoms with E-state index in [-0.39, 0.29) is 46.3 Å². The molecule has 1 aliphatic heterocycles. The van der Waals surface area contributed by atoms with Crippen molar-refractivity contribution in [2.45, 2.75) is 76.9 Å². The third-order valence-electron chi connectivity index (χ3n) is 9.45. The number of aliphatic hydroxyl groups excluding tert-OH is 1. The maximum Gasteiger partial charge on any atom is 0.306 e. The summed E-state index contributed by atoms with van der Waals surface area (Å²) in [6.07, 6.45) is 6.73. The van der Waals surface area contributed by atoms with Crippen LogP contribution in [0.5, 0.6) is 0 Å². The minimum Gasteiger partial charge on any atom is -0.458 e. The van der Waals surface area contributed by atoms with Crippen LogP contribution in [0.3, 0.4) is 0 Å². The van der Waals surface area contributed by atoms with Gasteiger partial charge in [0, 0.05) is 18.3 Å². The molecule has 0 unspecified atom stereocenters. The number of ether oxygens (including phenoxy) is 1. The van der Waals surface area contributed by atoms with E-state index < -0.39 is 11.7 Å². The van der Waals surface area contributed by atoms with E-state index in [9.17, 15) is 20.0 Å². The monoisotopic (exact) mass is 383 g/mol. The Kier molecular flexibility index (Phi) is 3.73. The van der Waals surface area contributed by atoms with Crippen molar-refractivity contribution in [1.82, 2.24) is 0 Å². The molecule has 8 atom stereocenters. The molecule has 3 saturated carbocycles. The number of rotatable bonds is 0. The van der Waals surface area contributed by atoms with E-state index >= 15 is 0 Å². The number of allylic oxidation sites excluding steroid dienone is 1. The highest BCUT2D eigenvalue weighted by molar-refractivity contribution is 5.91. The zero-order valence-electron chi connectivity index (χ0n) is 16.7.